The zero-order chi connectivity index (χ0) is 12.9. The number of hydrogen-bond acceptors (Lipinski definition) is 3. The van der Waals surface area contributed by atoms with Crippen LogP contribution in [-0.4, -0.2) is 15.9 Å². The first-order valence-electron chi connectivity index (χ1n) is 4.55. The van der Waals surface area contributed by atoms with Crippen LogP contribution >= 0.6 is 11.8 Å². The van der Waals surface area contributed by atoms with Gasteiger partial charge in [0.25, 0.3) is 0 Å². The molecule has 0 unspecified atom stereocenters. The zero-order valence-corrected chi connectivity index (χ0v) is 9.65. The molecule has 0 atom stereocenters. The number of alkyl halides is 3. The van der Waals surface area contributed by atoms with Gasteiger partial charge in [0.05, 0.1) is 11.3 Å². The van der Waals surface area contributed by atoms with E-state index < -0.39 is 11.7 Å². The number of nitrogens with zero attached hydrogens (tertiary/aromatic N) is 1. The molecule has 0 radical (unpaired) electrons. The summed E-state index contributed by atoms with van der Waals surface area (Å²) in [5.74, 6) is 5.52. The first-order chi connectivity index (χ1) is 7.89. The Morgan fingerprint density at radius 2 is 2.18 bits per heavy atom. The van der Waals surface area contributed by atoms with Gasteiger partial charge in [-0.05, 0) is 18.1 Å². The summed E-state index contributed by atoms with van der Waals surface area (Å²) in [7, 11) is 0. The summed E-state index contributed by atoms with van der Waals surface area (Å²) in [5, 5.41) is -0.0559. The van der Waals surface area contributed by atoms with Gasteiger partial charge < -0.3 is 0 Å². The van der Waals surface area contributed by atoms with Crippen LogP contribution < -0.4 is 0 Å². The maximum atomic E-state index is 12.2. The van der Waals surface area contributed by atoms with Gasteiger partial charge >= 0.3 is 6.18 Å². The highest BCUT2D eigenvalue weighted by atomic mass is 32.2. The molecule has 0 aliphatic heterocycles. The van der Waals surface area contributed by atoms with E-state index in [4.69, 9.17) is 0 Å². The summed E-state index contributed by atoms with van der Waals surface area (Å²) in [6, 6.07) is 2.13. The molecule has 0 N–H and O–H groups in total. The molecule has 1 rings (SSSR count). The molecule has 0 fully saturated rings. The van der Waals surface area contributed by atoms with Crippen molar-refractivity contribution in [2.24, 2.45) is 0 Å². The van der Waals surface area contributed by atoms with Crippen LogP contribution in [0.25, 0.3) is 0 Å². The van der Waals surface area contributed by atoms with Crippen LogP contribution in [0.5, 0.6) is 0 Å². The van der Waals surface area contributed by atoms with Gasteiger partial charge in [-0.1, -0.05) is 17.7 Å². The maximum absolute atomic E-state index is 12.2. The molecule has 17 heavy (non-hydrogen) atoms. The molecule has 1 aromatic heterocycles. The van der Waals surface area contributed by atoms with Crippen molar-refractivity contribution in [1.29, 1.82) is 0 Å². The highest BCUT2D eigenvalue weighted by molar-refractivity contribution is 8.13. The molecule has 0 spiro atoms. The molecule has 0 aromatic carbocycles. The fourth-order valence-corrected chi connectivity index (χ4v) is 1.25. The number of aromatic nitrogens is 1. The van der Waals surface area contributed by atoms with Crippen molar-refractivity contribution in [2.45, 2.75) is 13.1 Å². The molecule has 0 aliphatic rings. The molecule has 0 aliphatic carbocycles. The van der Waals surface area contributed by atoms with E-state index in [-0.39, 0.29) is 10.8 Å². The number of carbonyl (C=O) groups is 1. The number of halogens is 3. The smallest absolute Gasteiger partial charge is 0.288 e. The monoisotopic (exact) mass is 259 g/mol. The summed E-state index contributed by atoms with van der Waals surface area (Å²) < 4.78 is 36.6. The normalized spacial score (nSPS) is 10.6. The maximum Gasteiger partial charge on any atom is 0.417 e. The van der Waals surface area contributed by atoms with Gasteiger partial charge in [-0.2, -0.15) is 13.2 Å². The predicted octanol–water partition coefficient (Wildman–Crippen LogP) is 2.73. The zero-order valence-electron chi connectivity index (χ0n) is 8.84. The van der Waals surface area contributed by atoms with Crippen LogP contribution in [0.3, 0.4) is 0 Å². The number of carbonyl (C=O) groups excluding carboxylic acids is 1. The van der Waals surface area contributed by atoms with E-state index in [1.54, 1.807) is 0 Å². The second kappa shape index (κ2) is 5.73. The molecule has 0 amide bonds. The van der Waals surface area contributed by atoms with Crippen LogP contribution in [0.15, 0.2) is 18.3 Å². The Balaban J connectivity index is 2.66. The Labute approximate surface area is 101 Å². The molecule has 2 nitrogen and oxygen atoms in total. The lowest BCUT2D eigenvalue weighted by molar-refractivity contribution is -0.137. The number of hydrogen-bond donors (Lipinski definition) is 0. The Bertz CT molecular complexity index is 456. The first-order valence-corrected chi connectivity index (χ1v) is 5.53. The van der Waals surface area contributed by atoms with Crippen molar-refractivity contribution in [2.75, 3.05) is 5.75 Å². The summed E-state index contributed by atoms with van der Waals surface area (Å²) in [6.07, 6.45) is -3.65. The van der Waals surface area contributed by atoms with Gasteiger partial charge in [-0.3, -0.25) is 4.79 Å². The van der Waals surface area contributed by atoms with Crippen LogP contribution in [0.2, 0.25) is 0 Å². The Kier molecular flexibility index (Phi) is 4.58. The van der Waals surface area contributed by atoms with E-state index in [9.17, 15) is 18.0 Å². The van der Waals surface area contributed by atoms with E-state index >= 15 is 0 Å². The quantitative estimate of drug-likeness (QED) is 0.726. The lowest BCUT2D eigenvalue weighted by Gasteiger charge is -2.04. The molecule has 6 heteroatoms. The van der Waals surface area contributed by atoms with Crippen molar-refractivity contribution in [3.8, 4) is 11.8 Å². The van der Waals surface area contributed by atoms with Crippen molar-refractivity contribution >= 4 is 16.9 Å². The average molecular weight is 259 g/mol. The van der Waals surface area contributed by atoms with Crippen molar-refractivity contribution in [3.63, 3.8) is 0 Å². The summed E-state index contributed by atoms with van der Waals surface area (Å²) in [4.78, 5) is 14.1. The SMILES string of the molecule is CC(=O)SCC#Cc1ccc(C(F)(F)F)cn1. The minimum Gasteiger partial charge on any atom is -0.288 e. The largest absolute Gasteiger partial charge is 0.417 e. The fraction of sp³-hybridized carbons (Fsp3) is 0.273. The Morgan fingerprint density at radius 3 is 2.65 bits per heavy atom. The molecule has 1 heterocycles. The average Bonchev–Trinajstić information content (AvgIpc) is 2.23. The molecule has 0 saturated heterocycles. The standard InChI is InChI=1S/C11H8F3NOS/c1-8(16)17-6-2-3-10-5-4-9(7-15-10)11(12,13)14/h4-5,7H,6H2,1H3. The van der Waals surface area contributed by atoms with Crippen molar-refractivity contribution in [3.05, 3.63) is 29.6 Å². The van der Waals surface area contributed by atoms with Gasteiger partial charge in [0.15, 0.2) is 5.12 Å². The van der Waals surface area contributed by atoms with Crippen LogP contribution in [-0.2, 0) is 11.0 Å². The second-order valence-electron chi connectivity index (χ2n) is 3.01. The number of rotatable bonds is 1. The minimum atomic E-state index is -4.39. The molecule has 0 bridgehead atoms. The minimum absolute atomic E-state index is 0.0559. The molecule has 90 valence electrons. The van der Waals surface area contributed by atoms with E-state index in [0.29, 0.717) is 5.75 Å². The Morgan fingerprint density at radius 1 is 1.47 bits per heavy atom. The highest BCUT2D eigenvalue weighted by Gasteiger charge is 2.30. The highest BCUT2D eigenvalue weighted by Crippen LogP contribution is 2.28. The summed E-state index contributed by atoms with van der Waals surface area (Å²) in [5.41, 5.74) is -0.552. The third-order valence-corrected chi connectivity index (χ3v) is 2.35. The van der Waals surface area contributed by atoms with Crippen LogP contribution in [0.1, 0.15) is 18.2 Å². The Hall–Kier alpha value is -1.48. The topological polar surface area (TPSA) is 30.0 Å². The fourth-order valence-electron chi connectivity index (χ4n) is 0.900. The second-order valence-corrected chi connectivity index (χ2v) is 4.16. The van der Waals surface area contributed by atoms with Gasteiger partial charge in [0, 0.05) is 13.1 Å². The third kappa shape index (κ3) is 4.91. The van der Waals surface area contributed by atoms with E-state index in [0.717, 1.165) is 24.0 Å². The van der Waals surface area contributed by atoms with E-state index in [1.807, 2.05) is 0 Å². The van der Waals surface area contributed by atoms with Crippen molar-refractivity contribution < 1.29 is 18.0 Å². The predicted molar refractivity (Wildman–Crippen MR) is 59.3 cm³/mol. The van der Waals surface area contributed by atoms with Crippen LogP contribution in [0, 0.1) is 11.8 Å². The van der Waals surface area contributed by atoms with Crippen LogP contribution in [0.4, 0.5) is 13.2 Å². The third-order valence-electron chi connectivity index (χ3n) is 1.65. The van der Waals surface area contributed by atoms with Gasteiger partial charge in [-0.25, -0.2) is 4.98 Å². The van der Waals surface area contributed by atoms with E-state index in [2.05, 4.69) is 16.8 Å². The first kappa shape index (κ1) is 13.6. The number of thioether (sulfide) groups is 1. The lowest BCUT2D eigenvalue weighted by atomic mass is 10.2. The molecular weight excluding hydrogens is 251 g/mol. The number of pyridine rings is 1. The summed E-state index contributed by atoms with van der Waals surface area (Å²) in [6.45, 7) is 1.42. The van der Waals surface area contributed by atoms with Gasteiger partial charge in [0.2, 0.25) is 0 Å². The molecule has 1 aromatic rings. The summed E-state index contributed by atoms with van der Waals surface area (Å²) >= 11 is 1.04. The van der Waals surface area contributed by atoms with E-state index in [1.165, 1.54) is 13.0 Å². The molecular formula is C11H8F3NOS. The van der Waals surface area contributed by atoms with Gasteiger partial charge in [-0.15, -0.1) is 0 Å². The lowest BCUT2D eigenvalue weighted by Crippen LogP contribution is -2.05. The molecule has 0 saturated carbocycles. The van der Waals surface area contributed by atoms with Crippen molar-refractivity contribution in [1.82, 2.24) is 4.98 Å². The van der Waals surface area contributed by atoms with Gasteiger partial charge in [0.1, 0.15) is 5.69 Å².